The van der Waals surface area contributed by atoms with Crippen molar-refractivity contribution in [3.63, 3.8) is 0 Å². The van der Waals surface area contributed by atoms with Crippen LogP contribution < -0.4 is 5.32 Å². The molecule has 0 amide bonds. The summed E-state index contributed by atoms with van der Waals surface area (Å²) in [6.45, 7) is 3.60. The van der Waals surface area contributed by atoms with Crippen molar-refractivity contribution in [2.24, 2.45) is 0 Å². The highest BCUT2D eigenvalue weighted by Gasteiger charge is 2.18. The summed E-state index contributed by atoms with van der Waals surface area (Å²) in [7, 11) is 2.00. The molecule has 3 heteroatoms. The molecule has 0 spiro atoms. The molecule has 2 nitrogen and oxygen atoms in total. The summed E-state index contributed by atoms with van der Waals surface area (Å²) >= 11 is 3.72. The predicted molar refractivity (Wildman–Crippen MR) is 84.7 cm³/mol. The fraction of sp³-hybridized carbons (Fsp3) is 0.294. The molecule has 0 saturated carbocycles. The molecular weight excluding hydrogens is 314 g/mol. The van der Waals surface area contributed by atoms with Crippen molar-refractivity contribution in [1.82, 2.24) is 5.32 Å². The Bertz CT molecular complexity index is 639. The summed E-state index contributed by atoms with van der Waals surface area (Å²) in [6, 6.07) is 13.2. The average Bonchev–Trinajstić information content (AvgIpc) is 2.92. The van der Waals surface area contributed by atoms with Gasteiger partial charge in [-0.2, -0.15) is 0 Å². The Morgan fingerprint density at radius 2 is 1.95 bits per heavy atom. The van der Waals surface area contributed by atoms with E-state index in [0.29, 0.717) is 0 Å². The molecule has 1 atom stereocenters. The lowest BCUT2D eigenvalue weighted by Gasteiger charge is -2.20. The second kappa shape index (κ2) is 5.68. The molecule has 0 aliphatic carbocycles. The van der Waals surface area contributed by atoms with Gasteiger partial charge in [0.25, 0.3) is 0 Å². The lowest BCUT2D eigenvalue weighted by atomic mass is 9.95. The molecule has 0 radical (unpaired) electrons. The molecule has 104 valence electrons. The van der Waals surface area contributed by atoms with Crippen molar-refractivity contribution < 1.29 is 4.74 Å². The SMILES string of the molecule is CNC(c1ccc2c(c1)COC2)c1cccc(C)c1Br. The third kappa shape index (κ3) is 2.41. The summed E-state index contributed by atoms with van der Waals surface area (Å²) in [5.41, 5.74) is 6.43. The number of hydrogen-bond donors (Lipinski definition) is 1. The van der Waals surface area contributed by atoms with Crippen molar-refractivity contribution >= 4 is 15.9 Å². The van der Waals surface area contributed by atoms with Gasteiger partial charge in [-0.1, -0.05) is 52.3 Å². The summed E-state index contributed by atoms with van der Waals surface area (Å²) in [5, 5.41) is 3.42. The van der Waals surface area contributed by atoms with Crippen LogP contribution in [0.1, 0.15) is 33.9 Å². The lowest BCUT2D eigenvalue weighted by molar-refractivity contribution is 0.134. The van der Waals surface area contributed by atoms with Gasteiger partial charge in [-0.15, -0.1) is 0 Å². The standard InChI is InChI=1S/C17H18BrNO/c1-11-4-3-5-15(16(11)18)17(19-2)12-6-7-13-9-20-10-14(13)8-12/h3-8,17,19H,9-10H2,1-2H3. The smallest absolute Gasteiger partial charge is 0.0725 e. The largest absolute Gasteiger partial charge is 0.372 e. The number of aryl methyl sites for hydroxylation is 1. The number of fused-ring (bicyclic) bond motifs is 1. The van der Waals surface area contributed by atoms with Crippen molar-refractivity contribution in [2.75, 3.05) is 7.05 Å². The normalized spacial score (nSPS) is 15.2. The van der Waals surface area contributed by atoms with Crippen molar-refractivity contribution in [3.8, 4) is 0 Å². The molecule has 0 fully saturated rings. The van der Waals surface area contributed by atoms with Gasteiger partial charge in [-0.25, -0.2) is 0 Å². The van der Waals surface area contributed by atoms with Gasteiger partial charge in [-0.05, 0) is 41.8 Å². The fourth-order valence-corrected chi connectivity index (χ4v) is 3.26. The molecule has 0 bridgehead atoms. The first-order valence-corrected chi connectivity index (χ1v) is 7.61. The topological polar surface area (TPSA) is 21.3 Å². The Balaban J connectivity index is 2.03. The zero-order valence-corrected chi connectivity index (χ0v) is 13.3. The average molecular weight is 332 g/mol. The van der Waals surface area contributed by atoms with E-state index in [1.165, 1.54) is 32.3 Å². The second-order valence-electron chi connectivity index (χ2n) is 5.22. The number of nitrogens with one attached hydrogen (secondary N) is 1. The van der Waals surface area contributed by atoms with E-state index in [2.05, 4.69) is 64.6 Å². The van der Waals surface area contributed by atoms with Crippen molar-refractivity contribution in [2.45, 2.75) is 26.2 Å². The summed E-state index contributed by atoms with van der Waals surface area (Å²) in [5.74, 6) is 0. The number of rotatable bonds is 3. The minimum atomic E-state index is 0.190. The highest BCUT2D eigenvalue weighted by Crippen LogP contribution is 2.32. The van der Waals surface area contributed by atoms with E-state index in [-0.39, 0.29) is 6.04 Å². The van der Waals surface area contributed by atoms with Gasteiger partial charge in [0, 0.05) is 4.47 Å². The highest BCUT2D eigenvalue weighted by atomic mass is 79.9. The Morgan fingerprint density at radius 1 is 1.15 bits per heavy atom. The minimum absolute atomic E-state index is 0.190. The molecule has 1 aliphatic heterocycles. The van der Waals surface area contributed by atoms with Crippen molar-refractivity contribution in [1.29, 1.82) is 0 Å². The molecule has 2 aromatic rings. The van der Waals surface area contributed by atoms with E-state index in [1.54, 1.807) is 0 Å². The van der Waals surface area contributed by atoms with E-state index in [9.17, 15) is 0 Å². The van der Waals surface area contributed by atoms with Gasteiger partial charge in [0.05, 0.1) is 19.3 Å². The molecule has 2 aromatic carbocycles. The summed E-state index contributed by atoms with van der Waals surface area (Å²) < 4.78 is 6.68. The van der Waals surface area contributed by atoms with E-state index in [4.69, 9.17) is 4.74 Å². The van der Waals surface area contributed by atoms with Crippen LogP contribution in [-0.2, 0) is 18.0 Å². The Labute approximate surface area is 128 Å². The van der Waals surface area contributed by atoms with Gasteiger partial charge in [-0.3, -0.25) is 0 Å². The van der Waals surface area contributed by atoms with Gasteiger partial charge in [0.2, 0.25) is 0 Å². The van der Waals surface area contributed by atoms with Gasteiger partial charge in [0.1, 0.15) is 0 Å². The van der Waals surface area contributed by atoms with Gasteiger partial charge in [0.15, 0.2) is 0 Å². The lowest BCUT2D eigenvalue weighted by Crippen LogP contribution is -2.18. The van der Waals surface area contributed by atoms with Crippen LogP contribution >= 0.6 is 15.9 Å². The van der Waals surface area contributed by atoms with Crippen LogP contribution in [0.5, 0.6) is 0 Å². The Hall–Kier alpha value is -1.16. The molecule has 1 unspecified atom stereocenters. The molecule has 0 aromatic heterocycles. The van der Waals surface area contributed by atoms with Crippen LogP contribution in [-0.4, -0.2) is 7.05 Å². The van der Waals surface area contributed by atoms with Gasteiger partial charge < -0.3 is 10.1 Å². The second-order valence-corrected chi connectivity index (χ2v) is 6.01. The molecule has 20 heavy (non-hydrogen) atoms. The molecule has 1 N–H and O–H groups in total. The maximum absolute atomic E-state index is 5.50. The monoisotopic (exact) mass is 331 g/mol. The van der Waals surface area contributed by atoms with E-state index < -0.39 is 0 Å². The van der Waals surface area contributed by atoms with E-state index >= 15 is 0 Å². The maximum atomic E-state index is 5.50. The van der Waals surface area contributed by atoms with Crippen LogP contribution in [0, 0.1) is 6.92 Å². The van der Waals surface area contributed by atoms with Crippen LogP contribution in [0.25, 0.3) is 0 Å². The van der Waals surface area contributed by atoms with Crippen LogP contribution in [0.3, 0.4) is 0 Å². The molecule has 3 rings (SSSR count). The first-order valence-electron chi connectivity index (χ1n) is 6.82. The quantitative estimate of drug-likeness (QED) is 0.914. The zero-order valence-electron chi connectivity index (χ0n) is 11.7. The number of ether oxygens (including phenoxy) is 1. The maximum Gasteiger partial charge on any atom is 0.0725 e. The number of hydrogen-bond acceptors (Lipinski definition) is 2. The van der Waals surface area contributed by atoms with Gasteiger partial charge >= 0.3 is 0 Å². The van der Waals surface area contributed by atoms with Crippen LogP contribution in [0.4, 0.5) is 0 Å². The van der Waals surface area contributed by atoms with E-state index in [0.717, 1.165) is 13.2 Å². The zero-order chi connectivity index (χ0) is 14.1. The number of halogens is 1. The first-order chi connectivity index (χ1) is 9.70. The first kappa shape index (κ1) is 13.8. The molecule has 0 saturated heterocycles. The van der Waals surface area contributed by atoms with Crippen molar-refractivity contribution in [3.05, 3.63) is 68.7 Å². The predicted octanol–water partition coefficient (Wildman–Crippen LogP) is 4.10. The van der Waals surface area contributed by atoms with Crippen LogP contribution in [0.2, 0.25) is 0 Å². The summed E-state index contributed by atoms with van der Waals surface area (Å²) in [4.78, 5) is 0. The fourth-order valence-electron chi connectivity index (χ4n) is 2.77. The Kier molecular flexibility index (Phi) is 3.92. The van der Waals surface area contributed by atoms with Crippen LogP contribution in [0.15, 0.2) is 40.9 Å². The highest BCUT2D eigenvalue weighted by molar-refractivity contribution is 9.10. The molecule has 1 heterocycles. The molecule has 1 aliphatic rings. The third-order valence-electron chi connectivity index (χ3n) is 3.90. The number of benzene rings is 2. The minimum Gasteiger partial charge on any atom is -0.372 e. The molecular formula is C17H18BrNO. The third-order valence-corrected chi connectivity index (χ3v) is 4.98. The van der Waals surface area contributed by atoms with E-state index in [1.807, 2.05) is 7.05 Å². The Morgan fingerprint density at radius 3 is 2.75 bits per heavy atom. The summed E-state index contributed by atoms with van der Waals surface area (Å²) in [6.07, 6.45) is 0.